The lowest BCUT2D eigenvalue weighted by Gasteiger charge is -2.30. The van der Waals surface area contributed by atoms with Gasteiger partial charge in [-0.25, -0.2) is 4.98 Å². The summed E-state index contributed by atoms with van der Waals surface area (Å²) in [6, 6.07) is 6.51. The van der Waals surface area contributed by atoms with E-state index in [2.05, 4.69) is 25.3 Å². The van der Waals surface area contributed by atoms with Crippen LogP contribution < -0.4 is 10.1 Å². The standard InChI is InChI=1S/C20H25F2N3O2S/c1-14-24-17(13-28-14)12-25-10-7-16(8-11-25)19(26)23-9-6-15-2-4-18(5-3-15)27-20(21)22/h2-5,13,16,20H,6-12H2,1H3,(H,23,26). The summed E-state index contributed by atoms with van der Waals surface area (Å²) >= 11 is 1.67. The fraction of sp³-hybridized carbons (Fsp3) is 0.500. The van der Waals surface area contributed by atoms with Gasteiger partial charge in [-0.1, -0.05) is 12.1 Å². The van der Waals surface area contributed by atoms with Crippen molar-refractivity contribution >= 4 is 17.2 Å². The molecule has 5 nitrogen and oxygen atoms in total. The van der Waals surface area contributed by atoms with Crippen LogP contribution in [0.2, 0.25) is 0 Å². The normalized spacial score (nSPS) is 15.7. The molecule has 0 aliphatic carbocycles. The van der Waals surface area contributed by atoms with Gasteiger partial charge in [0.05, 0.1) is 10.7 Å². The first kappa shape index (κ1) is 20.7. The molecule has 0 radical (unpaired) electrons. The van der Waals surface area contributed by atoms with Gasteiger partial charge in [0, 0.05) is 24.4 Å². The molecule has 1 aliphatic rings. The molecule has 3 rings (SSSR count). The molecule has 0 unspecified atom stereocenters. The number of nitrogens with one attached hydrogen (secondary N) is 1. The van der Waals surface area contributed by atoms with Crippen molar-refractivity contribution < 1.29 is 18.3 Å². The van der Waals surface area contributed by atoms with Crippen molar-refractivity contribution in [1.82, 2.24) is 15.2 Å². The Labute approximate surface area is 167 Å². The number of nitrogens with zero attached hydrogens (tertiary/aromatic N) is 2. The lowest BCUT2D eigenvalue weighted by molar-refractivity contribution is -0.126. The van der Waals surface area contributed by atoms with E-state index < -0.39 is 6.61 Å². The Kier molecular flexibility index (Phi) is 7.33. The van der Waals surface area contributed by atoms with Crippen molar-refractivity contribution in [2.45, 2.75) is 39.3 Å². The highest BCUT2D eigenvalue weighted by Crippen LogP contribution is 2.20. The first-order valence-corrected chi connectivity index (χ1v) is 10.3. The molecule has 1 amide bonds. The quantitative estimate of drug-likeness (QED) is 0.724. The van der Waals surface area contributed by atoms with Crippen LogP contribution in [-0.2, 0) is 17.8 Å². The SMILES string of the molecule is Cc1nc(CN2CCC(C(=O)NCCc3ccc(OC(F)F)cc3)CC2)cs1. The van der Waals surface area contributed by atoms with Crippen molar-refractivity contribution in [1.29, 1.82) is 0 Å². The number of likely N-dealkylation sites (tertiary alicyclic amines) is 1. The Bertz CT molecular complexity index is 759. The van der Waals surface area contributed by atoms with Crippen molar-refractivity contribution in [3.05, 3.63) is 45.9 Å². The molecular formula is C20H25F2N3O2S. The topological polar surface area (TPSA) is 54.5 Å². The number of halogens is 2. The molecule has 0 spiro atoms. The molecule has 1 aliphatic heterocycles. The molecule has 8 heteroatoms. The van der Waals surface area contributed by atoms with E-state index in [1.807, 2.05) is 6.92 Å². The van der Waals surface area contributed by atoms with E-state index in [1.165, 1.54) is 12.1 Å². The number of piperidine rings is 1. The number of amides is 1. The second-order valence-electron chi connectivity index (χ2n) is 6.97. The van der Waals surface area contributed by atoms with Crippen LogP contribution in [0.25, 0.3) is 0 Å². The van der Waals surface area contributed by atoms with Crippen LogP contribution in [-0.4, -0.2) is 42.0 Å². The molecule has 0 bridgehead atoms. The summed E-state index contributed by atoms with van der Waals surface area (Å²) in [5.74, 6) is 0.291. The monoisotopic (exact) mass is 409 g/mol. The van der Waals surface area contributed by atoms with Gasteiger partial charge in [0.15, 0.2) is 0 Å². The van der Waals surface area contributed by atoms with E-state index in [0.29, 0.717) is 13.0 Å². The van der Waals surface area contributed by atoms with Gasteiger partial charge >= 0.3 is 6.61 Å². The molecule has 0 saturated carbocycles. The van der Waals surface area contributed by atoms with Crippen LogP contribution in [0.4, 0.5) is 8.78 Å². The zero-order valence-corrected chi connectivity index (χ0v) is 16.7. The number of ether oxygens (including phenoxy) is 1. The van der Waals surface area contributed by atoms with Crippen LogP contribution >= 0.6 is 11.3 Å². The maximum atomic E-state index is 12.4. The molecule has 1 saturated heterocycles. The lowest BCUT2D eigenvalue weighted by Crippen LogP contribution is -2.40. The maximum Gasteiger partial charge on any atom is 0.387 e. The third-order valence-corrected chi connectivity index (χ3v) is 5.69. The fourth-order valence-electron chi connectivity index (χ4n) is 3.38. The Balaban J connectivity index is 1.35. The van der Waals surface area contributed by atoms with Crippen LogP contribution in [0, 0.1) is 12.8 Å². The summed E-state index contributed by atoms with van der Waals surface area (Å²) in [7, 11) is 0. The summed E-state index contributed by atoms with van der Waals surface area (Å²) in [4.78, 5) is 19.2. The first-order chi connectivity index (χ1) is 13.5. The third-order valence-electron chi connectivity index (χ3n) is 4.87. The van der Waals surface area contributed by atoms with E-state index in [9.17, 15) is 13.6 Å². The van der Waals surface area contributed by atoms with Gasteiger partial charge in [-0.05, 0) is 57.0 Å². The lowest BCUT2D eigenvalue weighted by atomic mass is 9.95. The van der Waals surface area contributed by atoms with Gasteiger partial charge in [0.2, 0.25) is 5.91 Å². The average Bonchev–Trinajstić information content (AvgIpc) is 3.08. The highest BCUT2D eigenvalue weighted by Gasteiger charge is 2.25. The van der Waals surface area contributed by atoms with E-state index in [4.69, 9.17) is 0 Å². The summed E-state index contributed by atoms with van der Waals surface area (Å²) in [5.41, 5.74) is 2.07. The number of thiazole rings is 1. The number of carbonyl (C=O) groups is 1. The van der Waals surface area contributed by atoms with Gasteiger partial charge in [-0.15, -0.1) is 11.3 Å². The Morgan fingerprint density at radius 2 is 2.04 bits per heavy atom. The van der Waals surface area contributed by atoms with Gasteiger partial charge in [-0.2, -0.15) is 8.78 Å². The van der Waals surface area contributed by atoms with Crippen molar-refractivity contribution in [2.75, 3.05) is 19.6 Å². The zero-order valence-electron chi connectivity index (χ0n) is 15.9. The molecule has 2 aromatic rings. The molecule has 1 aromatic carbocycles. The van der Waals surface area contributed by atoms with Crippen LogP contribution in [0.3, 0.4) is 0 Å². The molecule has 1 fully saturated rings. The minimum absolute atomic E-state index is 0.0511. The molecule has 1 aromatic heterocycles. The molecule has 1 N–H and O–H groups in total. The number of benzene rings is 1. The first-order valence-electron chi connectivity index (χ1n) is 9.44. The van der Waals surface area contributed by atoms with E-state index in [-0.39, 0.29) is 17.6 Å². The predicted molar refractivity (Wildman–Crippen MR) is 105 cm³/mol. The molecular weight excluding hydrogens is 384 g/mol. The summed E-state index contributed by atoms with van der Waals surface area (Å²) in [6.45, 7) is 2.38. The largest absolute Gasteiger partial charge is 0.435 e. The van der Waals surface area contributed by atoms with E-state index >= 15 is 0 Å². The summed E-state index contributed by atoms with van der Waals surface area (Å²) in [5, 5.41) is 6.18. The number of hydrogen-bond donors (Lipinski definition) is 1. The minimum Gasteiger partial charge on any atom is -0.435 e. The number of alkyl halides is 2. The predicted octanol–water partition coefficient (Wildman–Crippen LogP) is 3.62. The number of aromatic nitrogens is 1. The molecule has 28 heavy (non-hydrogen) atoms. The van der Waals surface area contributed by atoms with Crippen molar-refractivity contribution in [3.63, 3.8) is 0 Å². The maximum absolute atomic E-state index is 12.4. The van der Waals surface area contributed by atoms with Crippen LogP contribution in [0.15, 0.2) is 29.6 Å². The zero-order chi connectivity index (χ0) is 19.9. The second kappa shape index (κ2) is 9.93. The smallest absolute Gasteiger partial charge is 0.387 e. The number of carbonyl (C=O) groups excluding carboxylic acids is 1. The van der Waals surface area contributed by atoms with Crippen LogP contribution in [0.5, 0.6) is 5.75 Å². The molecule has 152 valence electrons. The highest BCUT2D eigenvalue weighted by molar-refractivity contribution is 7.09. The second-order valence-corrected chi connectivity index (χ2v) is 8.03. The van der Waals surface area contributed by atoms with Crippen molar-refractivity contribution in [3.8, 4) is 5.75 Å². The molecule has 2 heterocycles. The van der Waals surface area contributed by atoms with E-state index in [1.54, 1.807) is 23.5 Å². The molecule has 0 atom stereocenters. The van der Waals surface area contributed by atoms with Gasteiger partial charge in [0.25, 0.3) is 0 Å². The highest BCUT2D eigenvalue weighted by atomic mass is 32.1. The Morgan fingerprint density at radius 1 is 1.32 bits per heavy atom. The number of hydrogen-bond acceptors (Lipinski definition) is 5. The Hall–Kier alpha value is -2.06. The van der Waals surface area contributed by atoms with E-state index in [0.717, 1.165) is 48.7 Å². The fourth-order valence-corrected chi connectivity index (χ4v) is 3.98. The van der Waals surface area contributed by atoms with Gasteiger partial charge in [-0.3, -0.25) is 9.69 Å². The number of rotatable bonds is 8. The summed E-state index contributed by atoms with van der Waals surface area (Å²) in [6.07, 6.45) is 2.37. The van der Waals surface area contributed by atoms with Crippen molar-refractivity contribution in [2.24, 2.45) is 5.92 Å². The van der Waals surface area contributed by atoms with Gasteiger partial charge < -0.3 is 10.1 Å². The third kappa shape index (κ3) is 6.24. The van der Waals surface area contributed by atoms with Gasteiger partial charge in [0.1, 0.15) is 5.75 Å². The average molecular weight is 410 g/mol. The van der Waals surface area contributed by atoms with Crippen LogP contribution in [0.1, 0.15) is 29.1 Å². The summed E-state index contributed by atoms with van der Waals surface area (Å²) < 4.78 is 28.6. The Morgan fingerprint density at radius 3 is 2.64 bits per heavy atom. The number of aryl methyl sites for hydroxylation is 1. The minimum atomic E-state index is -2.82.